The molecule has 2 rings (SSSR count). The Hall–Kier alpha value is -3.01. The number of hydrazine groups is 1. The molecule has 0 saturated carbocycles. The van der Waals surface area contributed by atoms with E-state index in [9.17, 15) is 14.9 Å². The van der Waals surface area contributed by atoms with Gasteiger partial charge in [0.1, 0.15) is 5.69 Å². The van der Waals surface area contributed by atoms with Gasteiger partial charge in [0.15, 0.2) is 5.82 Å². The van der Waals surface area contributed by atoms with Crippen LogP contribution in [0.3, 0.4) is 0 Å². The van der Waals surface area contributed by atoms with Crippen LogP contribution in [0.4, 0.5) is 11.4 Å². The van der Waals surface area contributed by atoms with Gasteiger partial charge in [-0.15, -0.1) is 0 Å². The number of anilines is 1. The Bertz CT molecular complexity index is 642. The van der Waals surface area contributed by atoms with Crippen molar-refractivity contribution >= 4 is 17.3 Å². The topological polar surface area (TPSA) is 149 Å². The van der Waals surface area contributed by atoms with Gasteiger partial charge in [0.05, 0.1) is 10.5 Å². The van der Waals surface area contributed by atoms with E-state index in [0.717, 1.165) is 0 Å². The zero-order valence-electron chi connectivity index (χ0n) is 10.8. The number of amides is 1. The highest BCUT2D eigenvalue weighted by Gasteiger charge is 2.20. The first kappa shape index (κ1) is 14.4. The summed E-state index contributed by atoms with van der Waals surface area (Å²) in [7, 11) is 0. The molecule has 0 radical (unpaired) electrons. The SMILES string of the molecule is NNc1c(C(=O)NCCc2ncon2)cccc1[N+](=O)[O-]. The average Bonchev–Trinajstić information content (AvgIpc) is 2.99. The highest BCUT2D eigenvalue weighted by atomic mass is 16.6. The van der Waals surface area contributed by atoms with Crippen LogP contribution < -0.4 is 16.6 Å². The first-order valence-corrected chi connectivity index (χ1v) is 5.91. The Kier molecular flexibility index (Phi) is 4.41. The summed E-state index contributed by atoms with van der Waals surface area (Å²) in [5.74, 6) is 5.23. The Balaban J connectivity index is 2.08. The lowest BCUT2D eigenvalue weighted by Crippen LogP contribution is -2.27. The van der Waals surface area contributed by atoms with E-state index in [0.29, 0.717) is 12.2 Å². The third-order valence-corrected chi connectivity index (χ3v) is 2.67. The molecule has 4 N–H and O–H groups in total. The minimum absolute atomic E-state index is 0.0421. The van der Waals surface area contributed by atoms with Crippen molar-refractivity contribution in [3.63, 3.8) is 0 Å². The fraction of sp³-hybridized carbons (Fsp3) is 0.182. The van der Waals surface area contributed by atoms with E-state index < -0.39 is 10.8 Å². The fourth-order valence-corrected chi connectivity index (χ4v) is 1.72. The molecule has 10 nitrogen and oxygen atoms in total. The van der Waals surface area contributed by atoms with Gasteiger partial charge in [0.2, 0.25) is 6.39 Å². The second-order valence-corrected chi connectivity index (χ2v) is 3.95. The Morgan fingerprint density at radius 1 is 1.48 bits per heavy atom. The predicted octanol–water partition coefficient (Wildman–Crippen LogP) is 0.236. The van der Waals surface area contributed by atoms with Crippen molar-refractivity contribution < 1.29 is 14.2 Å². The molecule has 1 aromatic heterocycles. The Morgan fingerprint density at radius 3 is 2.90 bits per heavy atom. The van der Waals surface area contributed by atoms with Crippen LogP contribution in [-0.2, 0) is 6.42 Å². The van der Waals surface area contributed by atoms with Crippen LogP contribution in [-0.4, -0.2) is 27.5 Å². The van der Waals surface area contributed by atoms with Gasteiger partial charge in [-0.3, -0.25) is 20.8 Å². The first-order chi connectivity index (χ1) is 10.1. The number of nitrogens with one attached hydrogen (secondary N) is 2. The lowest BCUT2D eigenvalue weighted by atomic mass is 10.1. The molecule has 21 heavy (non-hydrogen) atoms. The molecule has 0 bridgehead atoms. The number of hydrogen-bond donors (Lipinski definition) is 3. The van der Waals surface area contributed by atoms with E-state index >= 15 is 0 Å². The zero-order chi connectivity index (χ0) is 15.2. The molecule has 0 saturated heterocycles. The van der Waals surface area contributed by atoms with Crippen LogP contribution in [0.5, 0.6) is 0 Å². The second kappa shape index (κ2) is 6.43. The van der Waals surface area contributed by atoms with Gasteiger partial charge in [-0.2, -0.15) is 4.98 Å². The van der Waals surface area contributed by atoms with Crippen molar-refractivity contribution in [2.24, 2.45) is 5.84 Å². The molecule has 0 aliphatic rings. The number of carbonyl (C=O) groups excluding carboxylic acids is 1. The standard InChI is InChI=1S/C11H12N6O4/c12-15-10-7(2-1-3-8(10)17(19)20)11(18)13-5-4-9-14-6-21-16-9/h1-3,6,15H,4-5,12H2,(H,13,18). The summed E-state index contributed by atoms with van der Waals surface area (Å²) in [6.07, 6.45) is 1.57. The van der Waals surface area contributed by atoms with Crippen LogP contribution in [0.2, 0.25) is 0 Å². The summed E-state index contributed by atoms with van der Waals surface area (Å²) in [5, 5.41) is 17.1. The summed E-state index contributed by atoms with van der Waals surface area (Å²) in [4.78, 5) is 26.1. The van der Waals surface area contributed by atoms with E-state index in [1.54, 1.807) is 0 Å². The largest absolute Gasteiger partial charge is 0.352 e. The zero-order valence-corrected chi connectivity index (χ0v) is 10.8. The van der Waals surface area contributed by atoms with Crippen molar-refractivity contribution in [2.75, 3.05) is 12.0 Å². The summed E-state index contributed by atoms with van der Waals surface area (Å²) < 4.78 is 4.56. The molecule has 10 heteroatoms. The molecule has 1 amide bonds. The number of nitrogen functional groups attached to an aromatic ring is 1. The molecule has 110 valence electrons. The smallest absolute Gasteiger partial charge is 0.294 e. The predicted molar refractivity (Wildman–Crippen MR) is 71.2 cm³/mol. The van der Waals surface area contributed by atoms with E-state index in [-0.39, 0.29) is 23.5 Å². The Morgan fingerprint density at radius 2 is 2.29 bits per heavy atom. The number of benzene rings is 1. The minimum Gasteiger partial charge on any atom is -0.352 e. The lowest BCUT2D eigenvalue weighted by molar-refractivity contribution is -0.384. The summed E-state index contributed by atoms with van der Waals surface area (Å²) in [6.45, 7) is 0.255. The highest BCUT2D eigenvalue weighted by Crippen LogP contribution is 2.27. The van der Waals surface area contributed by atoms with Crippen molar-refractivity contribution in [2.45, 2.75) is 6.42 Å². The Labute approximate surface area is 118 Å². The summed E-state index contributed by atoms with van der Waals surface area (Å²) >= 11 is 0. The van der Waals surface area contributed by atoms with Gasteiger partial charge in [0.25, 0.3) is 11.6 Å². The van der Waals surface area contributed by atoms with Crippen molar-refractivity contribution in [1.29, 1.82) is 0 Å². The monoisotopic (exact) mass is 292 g/mol. The maximum atomic E-state index is 12.0. The summed E-state index contributed by atoms with van der Waals surface area (Å²) in [6, 6.07) is 4.10. The van der Waals surface area contributed by atoms with Gasteiger partial charge in [-0.1, -0.05) is 11.2 Å². The third kappa shape index (κ3) is 3.30. The molecule has 0 spiro atoms. The van der Waals surface area contributed by atoms with Crippen LogP contribution in [0.15, 0.2) is 29.1 Å². The van der Waals surface area contributed by atoms with Crippen molar-refractivity contribution in [3.05, 3.63) is 46.1 Å². The number of nitrogens with zero attached hydrogens (tertiary/aromatic N) is 3. The number of nitro groups is 1. The van der Waals surface area contributed by atoms with Gasteiger partial charge in [0, 0.05) is 19.0 Å². The molecule has 0 aliphatic heterocycles. The first-order valence-electron chi connectivity index (χ1n) is 5.91. The van der Waals surface area contributed by atoms with Gasteiger partial charge < -0.3 is 15.3 Å². The molecule has 0 unspecified atom stereocenters. The normalized spacial score (nSPS) is 10.1. The number of nitrogens with two attached hydrogens (primary N) is 1. The van der Waals surface area contributed by atoms with Crippen LogP contribution in [0, 0.1) is 10.1 Å². The average molecular weight is 292 g/mol. The molecule has 0 atom stereocenters. The quantitative estimate of drug-likeness (QED) is 0.389. The number of para-hydroxylation sites is 1. The van der Waals surface area contributed by atoms with Gasteiger partial charge in [-0.05, 0) is 6.07 Å². The maximum absolute atomic E-state index is 12.0. The minimum atomic E-state index is -0.620. The van der Waals surface area contributed by atoms with Crippen LogP contribution in [0.25, 0.3) is 0 Å². The number of carbonyl (C=O) groups is 1. The number of aromatic nitrogens is 2. The number of rotatable bonds is 6. The van der Waals surface area contributed by atoms with Crippen LogP contribution >= 0.6 is 0 Å². The van der Waals surface area contributed by atoms with Crippen molar-refractivity contribution in [1.82, 2.24) is 15.5 Å². The van der Waals surface area contributed by atoms with Gasteiger partial charge in [-0.25, -0.2) is 0 Å². The molecule has 2 aromatic rings. The fourth-order valence-electron chi connectivity index (χ4n) is 1.72. The highest BCUT2D eigenvalue weighted by molar-refractivity contribution is 6.01. The van der Waals surface area contributed by atoms with E-state index in [2.05, 4.69) is 25.4 Å². The van der Waals surface area contributed by atoms with Gasteiger partial charge >= 0.3 is 0 Å². The second-order valence-electron chi connectivity index (χ2n) is 3.95. The molecule has 1 heterocycles. The summed E-state index contributed by atoms with van der Waals surface area (Å²) in [5.41, 5.74) is 1.95. The molecular formula is C11H12N6O4. The van der Waals surface area contributed by atoms with Crippen LogP contribution in [0.1, 0.15) is 16.2 Å². The van der Waals surface area contributed by atoms with E-state index in [4.69, 9.17) is 5.84 Å². The van der Waals surface area contributed by atoms with Crippen molar-refractivity contribution in [3.8, 4) is 0 Å². The van der Waals surface area contributed by atoms with E-state index in [1.165, 1.54) is 24.6 Å². The number of nitro benzene ring substituents is 1. The maximum Gasteiger partial charge on any atom is 0.294 e. The molecule has 0 aliphatic carbocycles. The number of hydrogen-bond acceptors (Lipinski definition) is 8. The molecule has 1 aromatic carbocycles. The molecule has 0 fully saturated rings. The lowest BCUT2D eigenvalue weighted by Gasteiger charge is -2.09. The van der Waals surface area contributed by atoms with E-state index in [1.807, 2.05) is 0 Å². The third-order valence-electron chi connectivity index (χ3n) is 2.67. The molecular weight excluding hydrogens is 280 g/mol.